The first kappa shape index (κ1) is 15.5. The van der Waals surface area contributed by atoms with Crippen molar-refractivity contribution in [1.82, 2.24) is 19.5 Å². The van der Waals surface area contributed by atoms with Gasteiger partial charge in [0.05, 0.1) is 16.0 Å². The number of hydrogen-bond donors (Lipinski definition) is 0. The lowest BCUT2D eigenvalue weighted by molar-refractivity contribution is -0.384. The molecule has 0 aliphatic carbocycles. The van der Waals surface area contributed by atoms with E-state index in [1.165, 1.54) is 6.33 Å². The molecule has 0 unspecified atom stereocenters. The van der Waals surface area contributed by atoms with Crippen LogP contribution in [-0.4, -0.2) is 37.5 Å². The van der Waals surface area contributed by atoms with Gasteiger partial charge in [-0.2, -0.15) is 0 Å². The molecule has 128 valence electrons. The monoisotopic (exact) mass is 338 g/mol. The van der Waals surface area contributed by atoms with Crippen LogP contribution in [0.25, 0.3) is 16.9 Å². The van der Waals surface area contributed by atoms with Crippen molar-refractivity contribution in [2.75, 3.05) is 18.0 Å². The summed E-state index contributed by atoms with van der Waals surface area (Å²) in [7, 11) is 0. The SMILES string of the molecule is O=[N+]([O-])c1c(N2CCCCCC2)ncnc1-n1cnc2ccccc21. The first-order valence-electron chi connectivity index (χ1n) is 8.42. The summed E-state index contributed by atoms with van der Waals surface area (Å²) < 4.78 is 1.66. The first-order chi connectivity index (χ1) is 12.3. The van der Waals surface area contributed by atoms with E-state index in [9.17, 15) is 10.1 Å². The normalized spacial score (nSPS) is 15.3. The molecule has 0 bridgehead atoms. The van der Waals surface area contributed by atoms with Gasteiger partial charge in [0, 0.05) is 13.1 Å². The van der Waals surface area contributed by atoms with Crippen molar-refractivity contribution < 1.29 is 4.92 Å². The molecule has 0 radical (unpaired) electrons. The number of nitrogens with zero attached hydrogens (tertiary/aromatic N) is 6. The van der Waals surface area contributed by atoms with Crippen molar-refractivity contribution >= 4 is 22.5 Å². The molecule has 0 N–H and O–H groups in total. The van der Waals surface area contributed by atoms with Crippen molar-refractivity contribution in [3.8, 4) is 5.82 Å². The Morgan fingerprint density at radius 3 is 2.44 bits per heavy atom. The van der Waals surface area contributed by atoms with E-state index in [0.29, 0.717) is 5.82 Å². The number of fused-ring (bicyclic) bond motifs is 1. The van der Waals surface area contributed by atoms with Crippen LogP contribution in [0.3, 0.4) is 0 Å². The summed E-state index contributed by atoms with van der Waals surface area (Å²) in [6.07, 6.45) is 7.31. The molecule has 1 aliphatic heterocycles. The lowest BCUT2D eigenvalue weighted by Gasteiger charge is -2.21. The van der Waals surface area contributed by atoms with Crippen molar-refractivity contribution in [2.45, 2.75) is 25.7 Å². The maximum atomic E-state index is 11.9. The maximum absolute atomic E-state index is 11.9. The molecule has 0 atom stereocenters. The Kier molecular flexibility index (Phi) is 4.01. The van der Waals surface area contributed by atoms with Crippen LogP contribution in [0, 0.1) is 10.1 Å². The fourth-order valence-electron chi connectivity index (χ4n) is 3.34. The van der Waals surface area contributed by atoms with Gasteiger partial charge in [-0.05, 0) is 25.0 Å². The van der Waals surface area contributed by atoms with Gasteiger partial charge >= 0.3 is 5.69 Å². The third kappa shape index (κ3) is 2.79. The number of aromatic nitrogens is 4. The lowest BCUT2D eigenvalue weighted by atomic mass is 10.2. The quantitative estimate of drug-likeness (QED) is 0.538. The average Bonchev–Trinajstić information content (AvgIpc) is 2.87. The fraction of sp³-hybridized carbons (Fsp3) is 0.353. The van der Waals surface area contributed by atoms with Crippen LogP contribution in [0.5, 0.6) is 0 Å². The molecular weight excluding hydrogens is 320 g/mol. The second-order valence-electron chi connectivity index (χ2n) is 6.13. The minimum Gasteiger partial charge on any atom is -0.351 e. The third-order valence-electron chi connectivity index (χ3n) is 4.55. The second kappa shape index (κ2) is 6.46. The number of benzene rings is 1. The zero-order valence-electron chi connectivity index (χ0n) is 13.7. The molecule has 25 heavy (non-hydrogen) atoms. The molecular formula is C17H18N6O2. The van der Waals surface area contributed by atoms with Crippen LogP contribution in [-0.2, 0) is 0 Å². The van der Waals surface area contributed by atoms with Crippen LogP contribution in [0.15, 0.2) is 36.9 Å². The Bertz CT molecular complexity index is 914. The summed E-state index contributed by atoms with van der Waals surface area (Å²) in [5.74, 6) is 0.655. The van der Waals surface area contributed by atoms with Crippen LogP contribution < -0.4 is 4.90 Å². The Morgan fingerprint density at radius 2 is 1.68 bits per heavy atom. The molecule has 0 saturated carbocycles. The van der Waals surface area contributed by atoms with Gasteiger partial charge in [-0.15, -0.1) is 0 Å². The van der Waals surface area contributed by atoms with Gasteiger partial charge < -0.3 is 4.90 Å². The van der Waals surface area contributed by atoms with E-state index >= 15 is 0 Å². The Hall–Kier alpha value is -3.03. The largest absolute Gasteiger partial charge is 0.354 e. The van der Waals surface area contributed by atoms with Crippen LogP contribution >= 0.6 is 0 Å². The highest BCUT2D eigenvalue weighted by atomic mass is 16.6. The topological polar surface area (TPSA) is 90.0 Å². The summed E-state index contributed by atoms with van der Waals surface area (Å²) >= 11 is 0. The van der Waals surface area contributed by atoms with E-state index in [2.05, 4.69) is 15.0 Å². The van der Waals surface area contributed by atoms with Gasteiger partial charge in [-0.3, -0.25) is 14.7 Å². The van der Waals surface area contributed by atoms with E-state index in [1.807, 2.05) is 29.2 Å². The molecule has 8 heteroatoms. The number of rotatable bonds is 3. The Balaban J connectivity index is 1.88. The highest BCUT2D eigenvalue weighted by molar-refractivity contribution is 5.79. The summed E-state index contributed by atoms with van der Waals surface area (Å²) in [6.45, 7) is 1.56. The molecule has 0 amide bonds. The Labute approximate surface area is 144 Å². The van der Waals surface area contributed by atoms with Crippen molar-refractivity contribution in [3.05, 3.63) is 47.0 Å². The standard InChI is InChI=1S/C17H18N6O2/c24-23(25)15-16(21-9-5-1-2-6-10-21)18-11-19-17(15)22-12-20-13-7-3-4-8-14(13)22/h3-4,7-8,11-12H,1-2,5-6,9-10H2. The molecule has 3 heterocycles. The highest BCUT2D eigenvalue weighted by Gasteiger charge is 2.29. The number of nitro groups is 1. The number of imidazole rings is 1. The number of hydrogen-bond acceptors (Lipinski definition) is 6. The Morgan fingerprint density at radius 1 is 0.960 bits per heavy atom. The average molecular weight is 338 g/mol. The summed E-state index contributed by atoms with van der Waals surface area (Å²) in [6, 6.07) is 7.51. The molecule has 1 aliphatic rings. The van der Waals surface area contributed by atoms with Crippen LogP contribution in [0.4, 0.5) is 11.5 Å². The summed E-state index contributed by atoms with van der Waals surface area (Å²) in [5.41, 5.74) is 1.49. The maximum Gasteiger partial charge on any atom is 0.354 e. The lowest BCUT2D eigenvalue weighted by Crippen LogP contribution is -2.26. The van der Waals surface area contributed by atoms with E-state index < -0.39 is 0 Å². The second-order valence-corrected chi connectivity index (χ2v) is 6.13. The molecule has 1 aromatic carbocycles. The molecule has 2 aromatic heterocycles. The predicted molar refractivity (Wildman–Crippen MR) is 94.0 cm³/mol. The minimum absolute atomic E-state index is 0.0625. The van der Waals surface area contributed by atoms with E-state index in [-0.39, 0.29) is 16.4 Å². The van der Waals surface area contributed by atoms with Crippen molar-refractivity contribution in [2.24, 2.45) is 0 Å². The highest BCUT2D eigenvalue weighted by Crippen LogP contribution is 2.33. The zero-order chi connectivity index (χ0) is 17.2. The summed E-state index contributed by atoms with van der Waals surface area (Å²) in [5, 5.41) is 11.9. The third-order valence-corrected chi connectivity index (χ3v) is 4.55. The van der Waals surface area contributed by atoms with Gasteiger partial charge in [0.2, 0.25) is 11.6 Å². The van der Waals surface area contributed by atoms with Crippen LogP contribution in [0.2, 0.25) is 0 Å². The van der Waals surface area contributed by atoms with E-state index in [0.717, 1.165) is 49.8 Å². The molecule has 0 spiro atoms. The van der Waals surface area contributed by atoms with Gasteiger partial charge in [0.1, 0.15) is 12.7 Å². The predicted octanol–water partition coefficient (Wildman–Crippen LogP) is 3.10. The van der Waals surface area contributed by atoms with Gasteiger partial charge in [-0.1, -0.05) is 25.0 Å². The van der Waals surface area contributed by atoms with E-state index in [1.54, 1.807) is 10.9 Å². The van der Waals surface area contributed by atoms with Gasteiger partial charge in [0.15, 0.2) is 0 Å². The number of anilines is 1. The molecule has 4 rings (SSSR count). The fourth-order valence-corrected chi connectivity index (χ4v) is 3.34. The van der Waals surface area contributed by atoms with Gasteiger partial charge in [0.25, 0.3) is 0 Å². The van der Waals surface area contributed by atoms with Crippen molar-refractivity contribution in [3.63, 3.8) is 0 Å². The molecule has 1 saturated heterocycles. The molecule has 1 fully saturated rings. The van der Waals surface area contributed by atoms with Crippen LogP contribution in [0.1, 0.15) is 25.7 Å². The van der Waals surface area contributed by atoms with E-state index in [4.69, 9.17) is 0 Å². The zero-order valence-corrected chi connectivity index (χ0v) is 13.7. The van der Waals surface area contributed by atoms with Crippen molar-refractivity contribution in [1.29, 1.82) is 0 Å². The smallest absolute Gasteiger partial charge is 0.351 e. The summed E-state index contributed by atoms with van der Waals surface area (Å²) in [4.78, 5) is 26.3. The number of para-hydroxylation sites is 2. The molecule has 8 nitrogen and oxygen atoms in total. The minimum atomic E-state index is -0.385. The molecule has 3 aromatic rings. The van der Waals surface area contributed by atoms with Gasteiger partial charge in [-0.25, -0.2) is 15.0 Å². The first-order valence-corrected chi connectivity index (χ1v) is 8.42.